The highest BCUT2D eigenvalue weighted by Gasteiger charge is 2.25. The van der Waals surface area contributed by atoms with Crippen molar-refractivity contribution >= 4 is 17.7 Å². The summed E-state index contributed by atoms with van der Waals surface area (Å²) in [6, 6.07) is 10.3. The standard InChI is InChI=1S/C21H27N3O2S/c1-14(2)12-16-13-19(23-21(26)22-16)20(25)24-10-8-18(9-11-24)27-17-6-4-15(3)5-7-17/h4-7,13-14,18H,8-12H2,1-3H3,(H,22,23,26). The van der Waals surface area contributed by atoms with Crippen molar-refractivity contribution in [3.05, 3.63) is 57.8 Å². The maximum Gasteiger partial charge on any atom is 0.345 e. The number of amides is 1. The lowest BCUT2D eigenvalue weighted by Crippen LogP contribution is -2.40. The number of aryl methyl sites for hydroxylation is 1. The summed E-state index contributed by atoms with van der Waals surface area (Å²) < 4.78 is 0. The zero-order valence-corrected chi connectivity index (χ0v) is 17.0. The molecular weight excluding hydrogens is 358 g/mol. The first-order chi connectivity index (χ1) is 12.9. The Bertz CT molecular complexity index is 837. The molecule has 3 rings (SSSR count). The monoisotopic (exact) mass is 385 g/mol. The number of hydrogen-bond acceptors (Lipinski definition) is 4. The average Bonchev–Trinajstić information content (AvgIpc) is 2.62. The first kappa shape index (κ1) is 19.7. The van der Waals surface area contributed by atoms with Gasteiger partial charge in [-0.2, -0.15) is 4.98 Å². The molecule has 27 heavy (non-hydrogen) atoms. The van der Waals surface area contributed by atoms with Crippen LogP contribution in [0.5, 0.6) is 0 Å². The summed E-state index contributed by atoms with van der Waals surface area (Å²) in [6.07, 6.45) is 2.63. The number of likely N-dealkylation sites (tertiary alicyclic amines) is 1. The first-order valence-corrected chi connectivity index (χ1v) is 10.4. The van der Waals surface area contributed by atoms with Crippen molar-refractivity contribution in [2.75, 3.05) is 13.1 Å². The van der Waals surface area contributed by atoms with Gasteiger partial charge < -0.3 is 9.88 Å². The SMILES string of the molecule is Cc1ccc(SC2CCN(C(=O)c3cc(CC(C)C)[nH]c(=O)n3)CC2)cc1. The Morgan fingerprint density at radius 1 is 1.26 bits per heavy atom. The number of benzene rings is 1. The molecule has 0 atom stereocenters. The summed E-state index contributed by atoms with van der Waals surface area (Å²) in [5.74, 6) is 0.269. The largest absolute Gasteiger partial charge is 0.345 e. The fourth-order valence-electron chi connectivity index (χ4n) is 3.32. The zero-order valence-electron chi connectivity index (χ0n) is 16.2. The Balaban J connectivity index is 1.60. The molecule has 144 valence electrons. The summed E-state index contributed by atoms with van der Waals surface area (Å²) in [6.45, 7) is 7.66. The lowest BCUT2D eigenvalue weighted by atomic mass is 10.1. The number of hydrogen-bond donors (Lipinski definition) is 1. The summed E-state index contributed by atoms with van der Waals surface area (Å²) in [5, 5.41) is 0.514. The Morgan fingerprint density at radius 3 is 2.56 bits per heavy atom. The predicted molar refractivity (Wildman–Crippen MR) is 109 cm³/mol. The van der Waals surface area contributed by atoms with Gasteiger partial charge in [0.25, 0.3) is 5.91 Å². The normalized spacial score (nSPS) is 15.3. The van der Waals surface area contributed by atoms with Crippen LogP contribution in [0.3, 0.4) is 0 Å². The van der Waals surface area contributed by atoms with E-state index in [0.717, 1.165) is 25.0 Å². The molecule has 1 fully saturated rings. The van der Waals surface area contributed by atoms with Gasteiger partial charge in [-0.1, -0.05) is 31.5 Å². The van der Waals surface area contributed by atoms with Crippen molar-refractivity contribution in [1.82, 2.24) is 14.9 Å². The van der Waals surface area contributed by atoms with Crippen molar-refractivity contribution in [3.63, 3.8) is 0 Å². The second kappa shape index (κ2) is 8.74. The molecule has 0 bridgehead atoms. The number of nitrogens with zero attached hydrogens (tertiary/aromatic N) is 2. The van der Waals surface area contributed by atoms with Crippen molar-refractivity contribution < 1.29 is 4.79 Å². The molecule has 1 aromatic heterocycles. The number of piperidine rings is 1. The van der Waals surface area contributed by atoms with E-state index in [9.17, 15) is 9.59 Å². The minimum atomic E-state index is -0.443. The highest BCUT2D eigenvalue weighted by Crippen LogP contribution is 2.30. The molecule has 0 spiro atoms. The minimum absolute atomic E-state index is 0.134. The number of aromatic nitrogens is 2. The molecule has 0 unspecified atom stereocenters. The third-order valence-electron chi connectivity index (χ3n) is 4.70. The van der Waals surface area contributed by atoms with E-state index in [1.54, 1.807) is 6.07 Å². The molecule has 5 nitrogen and oxygen atoms in total. The zero-order chi connectivity index (χ0) is 19.4. The first-order valence-electron chi connectivity index (χ1n) is 9.53. The van der Waals surface area contributed by atoms with Crippen LogP contribution in [0.1, 0.15) is 48.4 Å². The number of thioether (sulfide) groups is 1. The van der Waals surface area contributed by atoms with Crippen LogP contribution in [0.2, 0.25) is 0 Å². The van der Waals surface area contributed by atoms with Crippen molar-refractivity contribution in [3.8, 4) is 0 Å². The lowest BCUT2D eigenvalue weighted by molar-refractivity contribution is 0.0720. The van der Waals surface area contributed by atoms with Gasteiger partial charge in [0, 0.05) is 28.9 Å². The van der Waals surface area contributed by atoms with Crippen LogP contribution in [-0.2, 0) is 6.42 Å². The number of rotatable bonds is 5. The molecule has 2 aromatic rings. The molecule has 1 aliphatic rings. The molecule has 1 aliphatic heterocycles. The Kier molecular flexibility index (Phi) is 6.37. The fourth-order valence-corrected chi connectivity index (χ4v) is 4.44. The van der Waals surface area contributed by atoms with Gasteiger partial charge in [-0.3, -0.25) is 4.79 Å². The average molecular weight is 386 g/mol. The molecule has 1 aromatic carbocycles. The van der Waals surface area contributed by atoms with E-state index in [1.807, 2.05) is 16.7 Å². The van der Waals surface area contributed by atoms with Gasteiger partial charge in [0.2, 0.25) is 0 Å². The highest BCUT2D eigenvalue weighted by molar-refractivity contribution is 8.00. The van der Waals surface area contributed by atoms with E-state index < -0.39 is 5.69 Å². The molecule has 1 amide bonds. The quantitative estimate of drug-likeness (QED) is 0.853. The van der Waals surface area contributed by atoms with Crippen LogP contribution in [0.25, 0.3) is 0 Å². The Labute approximate surface area is 164 Å². The summed E-state index contributed by atoms with van der Waals surface area (Å²) in [5.41, 5.74) is 1.86. The van der Waals surface area contributed by atoms with Gasteiger partial charge in [-0.25, -0.2) is 4.79 Å². The van der Waals surface area contributed by atoms with E-state index in [0.29, 0.717) is 24.3 Å². The van der Waals surface area contributed by atoms with Crippen LogP contribution in [0.4, 0.5) is 0 Å². The van der Waals surface area contributed by atoms with Gasteiger partial charge in [0.1, 0.15) is 5.69 Å². The third kappa shape index (κ3) is 5.45. The van der Waals surface area contributed by atoms with Crippen LogP contribution in [0.15, 0.2) is 40.0 Å². The van der Waals surface area contributed by atoms with Crippen molar-refractivity contribution in [2.24, 2.45) is 5.92 Å². The smallest absolute Gasteiger partial charge is 0.337 e. The van der Waals surface area contributed by atoms with Gasteiger partial charge >= 0.3 is 5.69 Å². The van der Waals surface area contributed by atoms with Gasteiger partial charge in [0.05, 0.1) is 0 Å². The fraction of sp³-hybridized carbons (Fsp3) is 0.476. The molecule has 2 heterocycles. The molecule has 1 saturated heterocycles. The second-order valence-corrected chi connectivity index (χ2v) is 8.99. The van der Waals surface area contributed by atoms with E-state index in [1.165, 1.54) is 10.5 Å². The molecular formula is C21H27N3O2S. The summed E-state index contributed by atoms with van der Waals surface area (Å²) >= 11 is 1.89. The Hall–Kier alpha value is -2.08. The van der Waals surface area contributed by atoms with Crippen molar-refractivity contribution in [1.29, 1.82) is 0 Å². The molecule has 0 saturated carbocycles. The van der Waals surface area contributed by atoms with Gasteiger partial charge in [-0.05, 0) is 50.3 Å². The van der Waals surface area contributed by atoms with E-state index in [-0.39, 0.29) is 11.6 Å². The highest BCUT2D eigenvalue weighted by atomic mass is 32.2. The van der Waals surface area contributed by atoms with E-state index in [2.05, 4.69) is 55.0 Å². The minimum Gasteiger partial charge on any atom is -0.337 e. The topological polar surface area (TPSA) is 66.1 Å². The lowest BCUT2D eigenvalue weighted by Gasteiger charge is -2.31. The summed E-state index contributed by atoms with van der Waals surface area (Å²) in [7, 11) is 0. The van der Waals surface area contributed by atoms with Crippen molar-refractivity contribution in [2.45, 2.75) is 50.2 Å². The maximum absolute atomic E-state index is 12.8. The number of H-pyrrole nitrogens is 1. The maximum atomic E-state index is 12.8. The molecule has 0 radical (unpaired) electrons. The van der Waals surface area contributed by atoms with E-state index in [4.69, 9.17) is 0 Å². The second-order valence-electron chi connectivity index (χ2n) is 7.62. The van der Waals surface area contributed by atoms with Crippen LogP contribution < -0.4 is 5.69 Å². The van der Waals surface area contributed by atoms with Crippen LogP contribution in [0, 0.1) is 12.8 Å². The van der Waals surface area contributed by atoms with E-state index >= 15 is 0 Å². The predicted octanol–water partition coefficient (Wildman–Crippen LogP) is 3.67. The third-order valence-corrected chi connectivity index (χ3v) is 6.05. The molecule has 0 aliphatic carbocycles. The summed E-state index contributed by atoms with van der Waals surface area (Å²) in [4.78, 5) is 34.4. The van der Waals surface area contributed by atoms with Crippen LogP contribution in [-0.4, -0.2) is 39.1 Å². The number of carbonyl (C=O) groups excluding carboxylic acids is 1. The molecule has 1 N–H and O–H groups in total. The van der Waals surface area contributed by atoms with Crippen LogP contribution >= 0.6 is 11.8 Å². The number of carbonyl (C=O) groups is 1. The van der Waals surface area contributed by atoms with Gasteiger partial charge in [-0.15, -0.1) is 11.8 Å². The number of nitrogens with one attached hydrogen (secondary N) is 1. The Morgan fingerprint density at radius 2 is 1.93 bits per heavy atom. The number of aromatic amines is 1. The molecule has 6 heteroatoms. The van der Waals surface area contributed by atoms with Gasteiger partial charge in [0.15, 0.2) is 0 Å².